The Kier molecular flexibility index (Phi) is 11.8. The molecule has 0 bridgehead atoms. The molecule has 0 spiro atoms. The van der Waals surface area contributed by atoms with Gasteiger partial charge in [-0.05, 0) is 74.8 Å². The van der Waals surface area contributed by atoms with Crippen molar-refractivity contribution in [1.29, 1.82) is 0 Å². The molecule has 3 aromatic heterocycles. The normalized spacial score (nSPS) is 11.4. The molecule has 78 heavy (non-hydrogen) atoms. The fourth-order valence-electron chi connectivity index (χ4n) is 10.9. The van der Waals surface area contributed by atoms with Crippen LogP contribution in [0.5, 0.6) is 0 Å². The first-order chi connectivity index (χ1) is 38.6. The molecule has 14 rings (SSSR count). The van der Waals surface area contributed by atoms with Gasteiger partial charge in [-0.25, -0.2) is 29.9 Å². The second kappa shape index (κ2) is 19.9. The van der Waals surface area contributed by atoms with E-state index in [9.17, 15) is 0 Å². The maximum absolute atomic E-state index is 5.21. The average Bonchev–Trinajstić information content (AvgIpc) is 4.16. The van der Waals surface area contributed by atoms with Crippen molar-refractivity contribution in [1.82, 2.24) is 29.9 Å². The second-order valence-electron chi connectivity index (χ2n) is 19.4. The Morgan fingerprint density at radius 3 is 0.962 bits per heavy atom. The van der Waals surface area contributed by atoms with Gasteiger partial charge in [-0.2, -0.15) is 0 Å². The average molecular weight is 1020 g/mol. The molecule has 0 N–H and O–H groups in total. The summed E-state index contributed by atoms with van der Waals surface area (Å²) in [5, 5.41) is 4.88. The SMILES string of the molecule is Cc1cc(-c2ccccc2-c2ccccc2-c2nc(-c3ccccc3)nc(-c3ccccc3)n2)c2sc3c(-c4ccccc4-c4ccccc4-c4nc(-c5ccccc5)nc(-c5ccccc5)n4)cc4ccccc4c3c2c1. The van der Waals surface area contributed by atoms with Gasteiger partial charge in [0.15, 0.2) is 34.9 Å². The lowest BCUT2D eigenvalue weighted by molar-refractivity contribution is 1.07. The van der Waals surface area contributed by atoms with Crippen LogP contribution in [0.1, 0.15) is 5.56 Å². The summed E-state index contributed by atoms with van der Waals surface area (Å²) < 4.78 is 2.45. The minimum absolute atomic E-state index is 0.614. The highest BCUT2D eigenvalue weighted by Gasteiger charge is 2.24. The van der Waals surface area contributed by atoms with E-state index in [0.29, 0.717) is 34.9 Å². The predicted molar refractivity (Wildman–Crippen MR) is 323 cm³/mol. The second-order valence-corrected chi connectivity index (χ2v) is 20.4. The summed E-state index contributed by atoms with van der Waals surface area (Å²) in [5.74, 6) is 3.73. The lowest BCUT2D eigenvalue weighted by atomic mass is 9.88. The van der Waals surface area contributed by atoms with Crippen molar-refractivity contribution in [3.05, 3.63) is 266 Å². The summed E-state index contributed by atoms with van der Waals surface area (Å²) in [4.78, 5) is 30.9. The Hall–Kier alpha value is -10.1. The molecule has 7 heteroatoms. The largest absolute Gasteiger partial charge is 0.208 e. The first-order valence-corrected chi connectivity index (χ1v) is 26.9. The van der Waals surface area contributed by atoms with Crippen molar-refractivity contribution < 1.29 is 0 Å². The van der Waals surface area contributed by atoms with Gasteiger partial charge < -0.3 is 0 Å². The molecule has 14 aromatic rings. The molecule has 0 fully saturated rings. The standard InChI is InChI=1S/C71H46N6S/c1-45-42-60(56-38-18-16-34-52(56)54-36-20-22-40-58(54)70-74-66(46-24-6-2-7-25-46)72-67(75-70)47-26-8-3-9-27-47)64-62(43-45)63-51-33-15-14-32-50(51)44-61(65(63)78-64)57-39-19-17-35-53(57)55-37-21-23-41-59(55)71-76-68(48-28-10-4-11-29-48)73-69(77-71)49-30-12-5-13-31-49/h2-44H,1H3. The molecular formula is C71H46N6S. The summed E-state index contributed by atoms with van der Waals surface area (Å²) in [5.41, 5.74) is 15.6. The Morgan fingerprint density at radius 1 is 0.244 bits per heavy atom. The topological polar surface area (TPSA) is 77.3 Å². The van der Waals surface area contributed by atoms with Gasteiger partial charge in [0.05, 0.1) is 0 Å². The van der Waals surface area contributed by atoms with Crippen molar-refractivity contribution in [2.45, 2.75) is 6.92 Å². The summed E-state index contributed by atoms with van der Waals surface area (Å²) in [6.45, 7) is 2.22. The van der Waals surface area contributed by atoms with Crippen LogP contribution in [-0.2, 0) is 0 Å². The van der Waals surface area contributed by atoms with E-state index in [1.165, 1.54) is 47.6 Å². The maximum Gasteiger partial charge on any atom is 0.164 e. The molecule has 0 saturated carbocycles. The summed E-state index contributed by atoms with van der Waals surface area (Å²) in [6.07, 6.45) is 0. The van der Waals surface area contributed by atoms with Crippen LogP contribution in [0.3, 0.4) is 0 Å². The van der Waals surface area contributed by atoms with Gasteiger partial charge in [-0.1, -0.05) is 243 Å². The molecule has 11 aromatic carbocycles. The first-order valence-electron chi connectivity index (χ1n) is 26.1. The third-order valence-electron chi connectivity index (χ3n) is 14.5. The Labute approximate surface area is 455 Å². The third kappa shape index (κ3) is 8.49. The van der Waals surface area contributed by atoms with Crippen molar-refractivity contribution in [2.24, 2.45) is 0 Å². The van der Waals surface area contributed by atoms with Crippen molar-refractivity contribution in [2.75, 3.05) is 0 Å². The number of rotatable bonds is 10. The minimum atomic E-state index is 0.614. The predicted octanol–water partition coefficient (Wildman–Crippen LogP) is 18.6. The molecule has 0 radical (unpaired) electrons. The highest BCUT2D eigenvalue weighted by atomic mass is 32.1. The molecule has 6 nitrogen and oxygen atoms in total. The van der Waals surface area contributed by atoms with Crippen LogP contribution >= 0.6 is 11.3 Å². The van der Waals surface area contributed by atoms with E-state index in [1.807, 2.05) is 84.1 Å². The molecule has 366 valence electrons. The van der Waals surface area contributed by atoms with E-state index in [4.69, 9.17) is 29.9 Å². The van der Waals surface area contributed by atoms with E-state index in [-0.39, 0.29) is 0 Å². The maximum atomic E-state index is 5.21. The van der Waals surface area contributed by atoms with Crippen LogP contribution in [-0.4, -0.2) is 29.9 Å². The number of hydrogen-bond donors (Lipinski definition) is 0. The van der Waals surface area contributed by atoms with Crippen LogP contribution < -0.4 is 0 Å². The minimum Gasteiger partial charge on any atom is -0.208 e. The van der Waals surface area contributed by atoms with E-state index in [0.717, 1.165) is 66.8 Å². The molecule has 3 heterocycles. The summed E-state index contributed by atoms with van der Waals surface area (Å²) >= 11 is 1.87. The number of nitrogens with zero attached hydrogens (tertiary/aromatic N) is 6. The van der Waals surface area contributed by atoms with Gasteiger partial charge in [0.25, 0.3) is 0 Å². The molecule has 0 aliphatic rings. The Morgan fingerprint density at radius 2 is 0.551 bits per heavy atom. The lowest BCUT2D eigenvalue weighted by Gasteiger charge is -2.16. The molecular weight excluding hydrogens is 969 g/mol. The Bertz CT molecular complexity index is 4440. The number of benzene rings is 11. The zero-order chi connectivity index (χ0) is 51.9. The van der Waals surface area contributed by atoms with Crippen molar-refractivity contribution in [3.63, 3.8) is 0 Å². The number of thiophene rings is 1. The van der Waals surface area contributed by atoms with Crippen LogP contribution in [0, 0.1) is 6.92 Å². The number of aryl methyl sites for hydroxylation is 1. The van der Waals surface area contributed by atoms with E-state index >= 15 is 0 Å². The molecule has 0 aliphatic carbocycles. The van der Waals surface area contributed by atoms with Gasteiger partial charge in [-0.15, -0.1) is 11.3 Å². The van der Waals surface area contributed by atoms with Gasteiger partial charge in [0, 0.05) is 64.7 Å². The summed E-state index contributed by atoms with van der Waals surface area (Å²) in [6, 6.07) is 91.2. The van der Waals surface area contributed by atoms with Gasteiger partial charge in [0.1, 0.15) is 0 Å². The molecule has 0 atom stereocenters. The van der Waals surface area contributed by atoms with Crippen LogP contribution in [0.2, 0.25) is 0 Å². The van der Waals surface area contributed by atoms with Crippen LogP contribution in [0.25, 0.3) is 144 Å². The molecule has 0 aliphatic heterocycles. The van der Waals surface area contributed by atoms with Crippen molar-refractivity contribution in [3.8, 4) is 113 Å². The first kappa shape index (κ1) is 46.5. The van der Waals surface area contributed by atoms with E-state index in [2.05, 4.69) is 195 Å². The molecule has 0 amide bonds. The quantitative estimate of drug-likeness (QED) is 0.136. The monoisotopic (exact) mass is 1010 g/mol. The highest BCUT2D eigenvalue weighted by Crippen LogP contribution is 2.51. The lowest BCUT2D eigenvalue weighted by Crippen LogP contribution is -2.01. The van der Waals surface area contributed by atoms with Crippen molar-refractivity contribution >= 4 is 42.3 Å². The Balaban J connectivity index is 0.957. The smallest absolute Gasteiger partial charge is 0.164 e. The van der Waals surface area contributed by atoms with Gasteiger partial charge in [0.2, 0.25) is 0 Å². The fourth-order valence-corrected chi connectivity index (χ4v) is 12.2. The van der Waals surface area contributed by atoms with Crippen LogP contribution in [0.4, 0.5) is 0 Å². The molecule has 0 saturated heterocycles. The number of hydrogen-bond acceptors (Lipinski definition) is 7. The van der Waals surface area contributed by atoms with Crippen LogP contribution in [0.15, 0.2) is 261 Å². The van der Waals surface area contributed by atoms with Gasteiger partial charge >= 0.3 is 0 Å². The molecule has 0 unspecified atom stereocenters. The fraction of sp³-hybridized carbons (Fsp3) is 0.0141. The highest BCUT2D eigenvalue weighted by molar-refractivity contribution is 7.27. The zero-order valence-electron chi connectivity index (χ0n) is 42.4. The third-order valence-corrected chi connectivity index (χ3v) is 15.7. The van der Waals surface area contributed by atoms with E-state index < -0.39 is 0 Å². The number of aromatic nitrogens is 6. The van der Waals surface area contributed by atoms with E-state index in [1.54, 1.807) is 0 Å². The van der Waals surface area contributed by atoms with Gasteiger partial charge in [-0.3, -0.25) is 0 Å². The summed E-state index contributed by atoms with van der Waals surface area (Å²) in [7, 11) is 0. The zero-order valence-corrected chi connectivity index (χ0v) is 43.2. The number of fused-ring (bicyclic) bond motifs is 5.